The maximum Gasteiger partial charge on any atom is 0.160 e. The SMILES string of the molecule is ClCc1c(C(Br)(Br)Br)ccc(Cl)c1Br. The summed E-state index contributed by atoms with van der Waals surface area (Å²) in [5, 5.41) is 0.654. The van der Waals surface area contributed by atoms with Gasteiger partial charge in [-0.25, -0.2) is 0 Å². The zero-order valence-electron chi connectivity index (χ0n) is 6.63. The van der Waals surface area contributed by atoms with Crippen molar-refractivity contribution in [2.24, 2.45) is 0 Å². The van der Waals surface area contributed by atoms with Gasteiger partial charge in [0.2, 0.25) is 0 Å². The summed E-state index contributed by atoms with van der Waals surface area (Å²) < 4.78 is 0.360. The van der Waals surface area contributed by atoms with Gasteiger partial charge in [-0.2, -0.15) is 0 Å². The van der Waals surface area contributed by atoms with E-state index in [2.05, 4.69) is 63.7 Å². The minimum Gasteiger partial charge on any atom is -0.121 e. The standard InChI is InChI=1S/C8H4Br4Cl2/c9-7-4(3-13)5(8(10,11)12)1-2-6(7)14/h1-2H,3H2. The third-order valence-corrected chi connectivity index (χ3v) is 4.63. The number of halogens is 6. The van der Waals surface area contributed by atoms with Gasteiger partial charge in [-0.3, -0.25) is 0 Å². The van der Waals surface area contributed by atoms with Gasteiger partial charge < -0.3 is 0 Å². The Bertz CT molecular complexity index is 346. The largest absolute Gasteiger partial charge is 0.160 e. The third kappa shape index (κ3) is 3.11. The Labute approximate surface area is 126 Å². The average Bonchev–Trinajstić information content (AvgIpc) is 2.07. The lowest BCUT2D eigenvalue weighted by molar-refractivity contribution is 1.23. The second kappa shape index (κ2) is 5.37. The van der Waals surface area contributed by atoms with E-state index in [1.807, 2.05) is 12.1 Å². The van der Waals surface area contributed by atoms with Crippen LogP contribution in [0.1, 0.15) is 11.1 Å². The molecule has 0 unspecified atom stereocenters. The van der Waals surface area contributed by atoms with E-state index in [0.717, 1.165) is 15.6 Å². The van der Waals surface area contributed by atoms with Crippen molar-refractivity contribution in [2.45, 2.75) is 8.02 Å². The first kappa shape index (κ1) is 13.8. The van der Waals surface area contributed by atoms with Gasteiger partial charge in [-0.05, 0) is 33.1 Å². The fourth-order valence-corrected chi connectivity index (χ4v) is 3.21. The number of hydrogen-bond acceptors (Lipinski definition) is 0. The van der Waals surface area contributed by atoms with Crippen molar-refractivity contribution in [3.05, 3.63) is 32.8 Å². The molecular weight excluding hydrogens is 487 g/mol. The molecular formula is C8H4Br4Cl2. The van der Waals surface area contributed by atoms with Gasteiger partial charge in [0, 0.05) is 10.4 Å². The molecule has 0 aliphatic carbocycles. The van der Waals surface area contributed by atoms with Crippen molar-refractivity contribution in [1.82, 2.24) is 0 Å². The quantitative estimate of drug-likeness (QED) is 0.415. The minimum absolute atomic E-state index is 0.390. The molecule has 78 valence electrons. The molecule has 0 saturated carbocycles. The number of benzene rings is 1. The highest BCUT2D eigenvalue weighted by Gasteiger charge is 2.25. The van der Waals surface area contributed by atoms with Crippen LogP contribution in [0.25, 0.3) is 0 Å². The molecule has 0 spiro atoms. The second-order valence-corrected chi connectivity index (χ2v) is 10.7. The first-order valence-electron chi connectivity index (χ1n) is 3.48. The van der Waals surface area contributed by atoms with Crippen molar-refractivity contribution in [1.29, 1.82) is 0 Å². The lowest BCUT2D eigenvalue weighted by atomic mass is 10.1. The lowest BCUT2D eigenvalue weighted by Gasteiger charge is -2.18. The fourth-order valence-electron chi connectivity index (χ4n) is 0.989. The van der Waals surface area contributed by atoms with Gasteiger partial charge in [0.05, 0.1) is 5.02 Å². The van der Waals surface area contributed by atoms with Gasteiger partial charge in [0.1, 0.15) is 0 Å². The molecule has 14 heavy (non-hydrogen) atoms. The highest BCUT2D eigenvalue weighted by molar-refractivity contribution is 9.38. The predicted octanol–water partition coefficient (Wildman–Crippen LogP) is 6.14. The molecule has 0 heterocycles. The Kier molecular flexibility index (Phi) is 5.28. The molecule has 6 heteroatoms. The molecule has 0 bridgehead atoms. The van der Waals surface area contributed by atoms with Crippen LogP contribution in [0.3, 0.4) is 0 Å². The molecule has 0 saturated heterocycles. The van der Waals surface area contributed by atoms with E-state index in [0.29, 0.717) is 10.9 Å². The molecule has 0 nitrogen and oxygen atoms in total. The average molecular weight is 491 g/mol. The summed E-state index contributed by atoms with van der Waals surface area (Å²) in [6, 6.07) is 3.72. The normalized spacial score (nSPS) is 11.9. The van der Waals surface area contributed by atoms with E-state index in [1.54, 1.807) is 0 Å². The summed E-state index contributed by atoms with van der Waals surface area (Å²) in [6.07, 6.45) is 0. The topological polar surface area (TPSA) is 0 Å². The molecule has 0 aromatic heterocycles. The van der Waals surface area contributed by atoms with Crippen LogP contribution in [0.4, 0.5) is 0 Å². The second-order valence-electron chi connectivity index (χ2n) is 2.52. The Balaban J connectivity index is 3.39. The highest BCUT2D eigenvalue weighted by atomic mass is 80.0. The summed E-state index contributed by atoms with van der Waals surface area (Å²) in [5.41, 5.74) is 1.94. The summed E-state index contributed by atoms with van der Waals surface area (Å²) in [7, 11) is 0. The third-order valence-electron chi connectivity index (χ3n) is 1.64. The first-order valence-corrected chi connectivity index (χ1v) is 7.56. The van der Waals surface area contributed by atoms with Crippen molar-refractivity contribution in [2.75, 3.05) is 0 Å². The van der Waals surface area contributed by atoms with Crippen molar-refractivity contribution in [3.63, 3.8) is 0 Å². The van der Waals surface area contributed by atoms with Crippen LogP contribution in [0.2, 0.25) is 5.02 Å². The fraction of sp³-hybridized carbons (Fsp3) is 0.250. The van der Waals surface area contributed by atoms with Crippen molar-refractivity contribution >= 4 is 86.9 Å². The van der Waals surface area contributed by atoms with E-state index in [-0.39, 0.29) is 0 Å². The van der Waals surface area contributed by atoms with Crippen LogP contribution < -0.4 is 0 Å². The number of alkyl halides is 4. The minimum atomic E-state index is -0.468. The molecule has 0 aliphatic rings. The predicted molar refractivity (Wildman–Crippen MR) is 77.2 cm³/mol. The summed E-state index contributed by atoms with van der Waals surface area (Å²) in [5.74, 6) is 0.390. The van der Waals surface area contributed by atoms with E-state index in [4.69, 9.17) is 23.2 Å². The van der Waals surface area contributed by atoms with Gasteiger partial charge in [0.15, 0.2) is 2.14 Å². The lowest BCUT2D eigenvalue weighted by Crippen LogP contribution is -2.03. The smallest absolute Gasteiger partial charge is 0.121 e. The summed E-state index contributed by atoms with van der Waals surface area (Å²) >= 11 is 25.6. The van der Waals surface area contributed by atoms with E-state index in [9.17, 15) is 0 Å². The zero-order valence-corrected chi connectivity index (χ0v) is 14.5. The maximum atomic E-state index is 5.96. The Morgan fingerprint density at radius 1 is 1.21 bits per heavy atom. The molecule has 0 aliphatic heterocycles. The molecule has 1 rings (SSSR count). The van der Waals surface area contributed by atoms with Gasteiger partial charge in [-0.15, -0.1) is 11.6 Å². The van der Waals surface area contributed by atoms with Gasteiger partial charge in [-0.1, -0.05) is 65.5 Å². The molecule has 0 fully saturated rings. The van der Waals surface area contributed by atoms with E-state index < -0.39 is 2.14 Å². The van der Waals surface area contributed by atoms with Gasteiger partial charge >= 0.3 is 0 Å². The first-order chi connectivity index (χ1) is 6.38. The Hall–Kier alpha value is 1.72. The summed E-state index contributed by atoms with van der Waals surface area (Å²) in [6.45, 7) is 0. The van der Waals surface area contributed by atoms with Crippen LogP contribution in [-0.4, -0.2) is 0 Å². The molecule has 0 amide bonds. The molecule has 0 N–H and O–H groups in total. The van der Waals surface area contributed by atoms with Crippen molar-refractivity contribution in [3.8, 4) is 0 Å². The molecule has 0 radical (unpaired) electrons. The van der Waals surface area contributed by atoms with Crippen LogP contribution in [0, 0.1) is 0 Å². The summed E-state index contributed by atoms with van der Waals surface area (Å²) in [4.78, 5) is 0. The van der Waals surface area contributed by atoms with Crippen LogP contribution in [0.15, 0.2) is 16.6 Å². The molecule has 0 atom stereocenters. The maximum absolute atomic E-state index is 5.96. The van der Waals surface area contributed by atoms with Crippen molar-refractivity contribution < 1.29 is 0 Å². The highest BCUT2D eigenvalue weighted by Crippen LogP contribution is 2.48. The van der Waals surface area contributed by atoms with E-state index >= 15 is 0 Å². The van der Waals surface area contributed by atoms with E-state index in [1.165, 1.54) is 0 Å². The van der Waals surface area contributed by atoms with Crippen LogP contribution in [0.5, 0.6) is 0 Å². The van der Waals surface area contributed by atoms with Crippen LogP contribution in [-0.2, 0) is 8.02 Å². The Morgan fingerprint density at radius 2 is 1.79 bits per heavy atom. The molecule has 1 aromatic carbocycles. The number of rotatable bonds is 1. The zero-order chi connectivity index (χ0) is 10.9. The number of hydrogen-bond donors (Lipinski definition) is 0. The molecule has 1 aromatic rings. The monoisotopic (exact) mass is 486 g/mol. The van der Waals surface area contributed by atoms with Crippen LogP contribution >= 0.6 is 86.9 Å². The Morgan fingerprint density at radius 3 is 2.21 bits per heavy atom. The van der Waals surface area contributed by atoms with Gasteiger partial charge in [0.25, 0.3) is 0 Å².